The van der Waals surface area contributed by atoms with Crippen molar-refractivity contribution in [2.45, 2.75) is 18.8 Å². The highest BCUT2D eigenvalue weighted by molar-refractivity contribution is 6.36. The van der Waals surface area contributed by atoms with E-state index in [-0.39, 0.29) is 28.1 Å². The summed E-state index contributed by atoms with van der Waals surface area (Å²) in [6.07, 6.45) is 4.81. The Kier molecular flexibility index (Phi) is 5.56. The monoisotopic (exact) mass is 505 g/mol. The first-order valence-electron chi connectivity index (χ1n) is 11.9. The van der Waals surface area contributed by atoms with Crippen molar-refractivity contribution in [3.63, 3.8) is 0 Å². The van der Waals surface area contributed by atoms with Crippen molar-refractivity contribution in [3.05, 3.63) is 71.7 Å². The van der Waals surface area contributed by atoms with Crippen LogP contribution in [0.4, 0.5) is 14.6 Å². The Bertz CT molecular complexity index is 1550. The third-order valence-electron chi connectivity index (χ3n) is 6.88. The predicted molar refractivity (Wildman–Crippen MR) is 136 cm³/mol. The van der Waals surface area contributed by atoms with E-state index in [0.29, 0.717) is 59.5 Å². The molecular weight excluding hydrogens is 484 g/mol. The molecule has 1 saturated carbocycles. The van der Waals surface area contributed by atoms with Crippen LogP contribution >= 0.6 is 11.6 Å². The van der Waals surface area contributed by atoms with Crippen LogP contribution in [0.25, 0.3) is 32.9 Å². The van der Waals surface area contributed by atoms with Gasteiger partial charge in [0, 0.05) is 49.2 Å². The summed E-state index contributed by atoms with van der Waals surface area (Å²) in [4.78, 5) is 29.7. The molecule has 3 heterocycles. The molecule has 1 amide bonds. The molecule has 1 aliphatic heterocycles. The van der Waals surface area contributed by atoms with Crippen molar-refractivity contribution in [2.75, 3.05) is 31.1 Å². The van der Waals surface area contributed by atoms with Gasteiger partial charge in [0.05, 0.1) is 10.4 Å². The number of hydrogen-bond donors (Lipinski definition) is 0. The second-order valence-corrected chi connectivity index (χ2v) is 9.52. The summed E-state index contributed by atoms with van der Waals surface area (Å²) in [6.45, 7) is 5.70. The van der Waals surface area contributed by atoms with E-state index >= 15 is 4.39 Å². The Labute approximate surface area is 211 Å². The number of carbonyl (C=O) groups excluding carboxylic acids is 1. The Morgan fingerprint density at radius 2 is 1.86 bits per heavy atom. The van der Waals surface area contributed by atoms with Crippen molar-refractivity contribution < 1.29 is 13.6 Å². The number of rotatable bonds is 4. The minimum absolute atomic E-state index is 0.0633. The number of halogens is 3. The topological polar surface area (TPSA) is 62.2 Å². The molecule has 0 N–H and O–H groups in total. The molecule has 2 fully saturated rings. The summed E-state index contributed by atoms with van der Waals surface area (Å²) in [6, 6.07) is 8.15. The van der Waals surface area contributed by atoms with Crippen molar-refractivity contribution >= 4 is 45.0 Å². The van der Waals surface area contributed by atoms with Crippen molar-refractivity contribution in [1.82, 2.24) is 19.9 Å². The summed E-state index contributed by atoms with van der Waals surface area (Å²) in [5.74, 6) is 0.156. The molecule has 2 aliphatic rings. The van der Waals surface area contributed by atoms with Gasteiger partial charge in [0.25, 0.3) is 0 Å². The van der Waals surface area contributed by atoms with Crippen LogP contribution in [-0.2, 0) is 4.79 Å². The minimum Gasteiger partial charge on any atom is -0.352 e. The molecule has 0 bridgehead atoms. The number of hydrogen-bond acceptors (Lipinski definition) is 5. The zero-order valence-corrected chi connectivity index (χ0v) is 20.1. The van der Waals surface area contributed by atoms with E-state index in [1.807, 2.05) is 4.90 Å². The SMILES string of the molecule is C=CC(=O)N1CCN(c2nc(C3CC3)nc3c(F)c(-c4cccc5ccc(F)c(Cl)c45)ncc23)CC1. The zero-order valence-electron chi connectivity index (χ0n) is 19.3. The van der Waals surface area contributed by atoms with Gasteiger partial charge in [-0.1, -0.05) is 42.4 Å². The lowest BCUT2D eigenvalue weighted by Gasteiger charge is -2.35. The molecule has 6 nitrogen and oxygen atoms in total. The van der Waals surface area contributed by atoms with Crippen LogP contribution in [0.15, 0.2) is 49.2 Å². The number of piperazine rings is 1. The highest BCUT2D eigenvalue weighted by atomic mass is 35.5. The van der Waals surface area contributed by atoms with Crippen LogP contribution in [0, 0.1) is 11.6 Å². The van der Waals surface area contributed by atoms with Gasteiger partial charge in [0.2, 0.25) is 5.91 Å². The minimum atomic E-state index is -0.591. The smallest absolute Gasteiger partial charge is 0.246 e. The number of aromatic nitrogens is 3. The van der Waals surface area contributed by atoms with Gasteiger partial charge in [-0.3, -0.25) is 9.78 Å². The van der Waals surface area contributed by atoms with Gasteiger partial charge in [-0.15, -0.1) is 0 Å². The van der Waals surface area contributed by atoms with Crippen LogP contribution < -0.4 is 4.90 Å². The molecule has 0 spiro atoms. The Balaban J connectivity index is 1.49. The molecule has 2 aromatic heterocycles. The fourth-order valence-corrected chi connectivity index (χ4v) is 5.06. The number of nitrogens with zero attached hydrogens (tertiary/aromatic N) is 5. The van der Waals surface area contributed by atoms with Gasteiger partial charge in [-0.25, -0.2) is 18.7 Å². The van der Waals surface area contributed by atoms with Gasteiger partial charge in [-0.2, -0.15) is 0 Å². The Hall–Kier alpha value is -3.65. The van der Waals surface area contributed by atoms with E-state index in [4.69, 9.17) is 16.6 Å². The van der Waals surface area contributed by atoms with E-state index in [2.05, 4.69) is 16.5 Å². The highest BCUT2D eigenvalue weighted by Gasteiger charge is 2.31. The molecule has 2 aromatic carbocycles. The summed E-state index contributed by atoms with van der Waals surface area (Å²) in [7, 11) is 0. The second kappa shape index (κ2) is 8.78. The molecule has 182 valence electrons. The van der Waals surface area contributed by atoms with Gasteiger partial charge < -0.3 is 9.80 Å². The highest BCUT2D eigenvalue weighted by Crippen LogP contribution is 2.42. The number of benzene rings is 2. The fourth-order valence-electron chi connectivity index (χ4n) is 4.79. The lowest BCUT2D eigenvalue weighted by atomic mass is 10.0. The average molecular weight is 506 g/mol. The Morgan fingerprint density at radius 1 is 1.08 bits per heavy atom. The number of carbonyl (C=O) groups is 1. The molecule has 0 unspecified atom stereocenters. The first-order valence-corrected chi connectivity index (χ1v) is 12.2. The standard InChI is InChI=1S/C27H22ClF2N5O/c1-2-20(36)34-10-12-35(13-11-34)27-18-14-31-24(23(30)25(18)32-26(33-27)16-6-7-16)17-5-3-4-15-8-9-19(29)22(28)21(15)17/h2-5,8-9,14,16H,1,6-7,10-13H2. The molecule has 36 heavy (non-hydrogen) atoms. The van der Waals surface area contributed by atoms with Crippen LogP contribution in [-0.4, -0.2) is 51.9 Å². The summed E-state index contributed by atoms with van der Waals surface area (Å²) in [5, 5.41) is 1.53. The van der Waals surface area contributed by atoms with Crippen LogP contribution in [0.1, 0.15) is 24.6 Å². The maximum absolute atomic E-state index is 16.2. The lowest BCUT2D eigenvalue weighted by Crippen LogP contribution is -2.48. The van der Waals surface area contributed by atoms with E-state index in [1.165, 1.54) is 12.1 Å². The maximum atomic E-state index is 16.2. The van der Waals surface area contributed by atoms with Crippen molar-refractivity contribution in [1.29, 1.82) is 0 Å². The first kappa shape index (κ1) is 22.8. The molecule has 0 radical (unpaired) electrons. The second-order valence-electron chi connectivity index (χ2n) is 9.14. The molecule has 6 rings (SSSR count). The van der Waals surface area contributed by atoms with Gasteiger partial charge in [0.1, 0.15) is 28.7 Å². The summed E-state index contributed by atoms with van der Waals surface area (Å²) in [5.41, 5.74) is 0.649. The van der Waals surface area contributed by atoms with E-state index in [9.17, 15) is 9.18 Å². The third-order valence-corrected chi connectivity index (χ3v) is 7.25. The molecule has 1 aliphatic carbocycles. The maximum Gasteiger partial charge on any atom is 0.246 e. The van der Waals surface area contributed by atoms with Crippen LogP contribution in [0.5, 0.6) is 0 Å². The van der Waals surface area contributed by atoms with Gasteiger partial charge in [0.15, 0.2) is 5.82 Å². The normalized spacial score (nSPS) is 16.1. The van der Waals surface area contributed by atoms with E-state index < -0.39 is 11.6 Å². The third kappa shape index (κ3) is 3.76. The average Bonchev–Trinajstić information content (AvgIpc) is 3.76. The number of fused-ring (bicyclic) bond motifs is 2. The van der Waals surface area contributed by atoms with Gasteiger partial charge in [-0.05, 0) is 30.4 Å². The number of amides is 1. The quantitative estimate of drug-likeness (QED) is 0.343. The molecule has 1 saturated heterocycles. The van der Waals surface area contributed by atoms with E-state index in [1.54, 1.807) is 35.4 Å². The zero-order chi connectivity index (χ0) is 25.0. The van der Waals surface area contributed by atoms with Crippen LogP contribution in [0.3, 0.4) is 0 Å². The number of anilines is 1. The lowest BCUT2D eigenvalue weighted by molar-refractivity contribution is -0.126. The molecule has 9 heteroatoms. The first-order chi connectivity index (χ1) is 17.5. The van der Waals surface area contributed by atoms with Crippen molar-refractivity contribution in [3.8, 4) is 11.3 Å². The summed E-state index contributed by atoms with van der Waals surface area (Å²) >= 11 is 6.31. The Morgan fingerprint density at radius 3 is 2.58 bits per heavy atom. The molecular formula is C27H22ClF2N5O. The fraction of sp³-hybridized carbons (Fsp3) is 0.259. The number of pyridine rings is 1. The van der Waals surface area contributed by atoms with E-state index in [0.717, 1.165) is 12.8 Å². The van der Waals surface area contributed by atoms with Gasteiger partial charge >= 0.3 is 0 Å². The van der Waals surface area contributed by atoms with Crippen LogP contribution in [0.2, 0.25) is 5.02 Å². The molecule has 0 atom stereocenters. The molecule has 4 aromatic rings. The largest absolute Gasteiger partial charge is 0.352 e. The summed E-state index contributed by atoms with van der Waals surface area (Å²) < 4.78 is 30.5. The predicted octanol–water partition coefficient (Wildman–Crippen LogP) is 5.49. The van der Waals surface area contributed by atoms with Crippen molar-refractivity contribution in [2.24, 2.45) is 0 Å².